The second-order valence-electron chi connectivity index (χ2n) is 4.73. The number of hydrogen-bond acceptors (Lipinski definition) is 5. The molecule has 0 saturated carbocycles. The third kappa shape index (κ3) is 7.29. The van der Waals surface area contributed by atoms with Gasteiger partial charge in [-0.05, 0) is 31.4 Å². The normalized spacial score (nSPS) is 11.3. The monoisotopic (exact) mass is 335 g/mol. The molecule has 1 aromatic rings. The predicted molar refractivity (Wildman–Crippen MR) is 81.4 cm³/mol. The minimum Gasteiger partial charge on any atom is -0.487 e. The third-order valence-electron chi connectivity index (χ3n) is 2.85. The Morgan fingerprint density at radius 3 is 2.52 bits per heavy atom. The summed E-state index contributed by atoms with van der Waals surface area (Å²) < 4.78 is 26.8. The van der Waals surface area contributed by atoms with E-state index >= 15 is 0 Å². The van der Waals surface area contributed by atoms with E-state index in [0.717, 1.165) is 18.4 Å². The highest BCUT2D eigenvalue weighted by Gasteiger charge is 2.14. The molecule has 8 heteroatoms. The highest BCUT2D eigenvalue weighted by molar-refractivity contribution is 8.13. The van der Waals surface area contributed by atoms with Crippen LogP contribution in [0.1, 0.15) is 31.2 Å². The van der Waals surface area contributed by atoms with Crippen LogP contribution in [0.3, 0.4) is 0 Å². The van der Waals surface area contributed by atoms with Crippen LogP contribution < -0.4 is 4.74 Å². The molecule has 0 fully saturated rings. The van der Waals surface area contributed by atoms with Crippen molar-refractivity contribution in [2.75, 3.05) is 12.4 Å². The van der Waals surface area contributed by atoms with Gasteiger partial charge in [0.05, 0.1) is 17.3 Å². The van der Waals surface area contributed by atoms with E-state index in [9.17, 15) is 18.5 Å². The quantitative estimate of drug-likeness (QED) is 0.299. The van der Waals surface area contributed by atoms with Crippen LogP contribution in [0.4, 0.5) is 5.69 Å². The summed E-state index contributed by atoms with van der Waals surface area (Å²) in [5, 5.41) is 10.9. The first-order chi connectivity index (χ1) is 9.79. The molecule has 0 radical (unpaired) electrons. The van der Waals surface area contributed by atoms with Crippen molar-refractivity contribution < 1.29 is 18.1 Å². The maximum absolute atomic E-state index is 10.9. The molecule has 0 bridgehead atoms. The molecule has 0 N–H and O–H groups in total. The summed E-state index contributed by atoms with van der Waals surface area (Å²) in [4.78, 5) is 10.4. The lowest BCUT2D eigenvalue weighted by Crippen LogP contribution is -2.02. The van der Waals surface area contributed by atoms with Gasteiger partial charge in [-0.1, -0.05) is 18.9 Å². The second kappa shape index (κ2) is 8.19. The summed E-state index contributed by atoms with van der Waals surface area (Å²) in [6, 6.07) is 4.82. The van der Waals surface area contributed by atoms with Crippen molar-refractivity contribution >= 4 is 25.4 Å². The number of ether oxygens (including phenoxy) is 1. The standard InChI is InChI=1S/C13H18ClNO5S/c1-11-6-7-13(12(10-11)15(16)17)20-8-4-2-3-5-9-21(14,18)19/h6-7,10H,2-5,8-9H2,1H3. The van der Waals surface area contributed by atoms with Crippen molar-refractivity contribution in [3.05, 3.63) is 33.9 Å². The van der Waals surface area contributed by atoms with Gasteiger partial charge in [-0.25, -0.2) is 8.42 Å². The van der Waals surface area contributed by atoms with Gasteiger partial charge >= 0.3 is 5.69 Å². The van der Waals surface area contributed by atoms with E-state index in [1.54, 1.807) is 19.1 Å². The second-order valence-corrected chi connectivity index (χ2v) is 7.63. The Hall–Kier alpha value is -1.34. The SMILES string of the molecule is Cc1ccc(OCCCCCCS(=O)(=O)Cl)c([N+](=O)[O-])c1. The number of unbranched alkanes of at least 4 members (excludes halogenated alkanes) is 3. The zero-order valence-corrected chi connectivity index (χ0v) is 13.3. The molecule has 6 nitrogen and oxygen atoms in total. The lowest BCUT2D eigenvalue weighted by atomic mass is 10.2. The summed E-state index contributed by atoms with van der Waals surface area (Å²) in [7, 11) is 1.68. The Bertz CT molecular complexity index is 588. The van der Waals surface area contributed by atoms with Crippen LogP contribution in [0.15, 0.2) is 18.2 Å². The first-order valence-corrected chi connectivity index (χ1v) is 9.07. The van der Waals surface area contributed by atoms with Gasteiger partial charge < -0.3 is 4.74 Å². The first kappa shape index (κ1) is 17.7. The summed E-state index contributed by atoms with van der Waals surface area (Å²) in [5.41, 5.74) is 0.763. The minimum absolute atomic E-state index is 0.0289. The van der Waals surface area contributed by atoms with E-state index in [1.165, 1.54) is 6.07 Å². The van der Waals surface area contributed by atoms with E-state index in [4.69, 9.17) is 15.4 Å². The van der Waals surface area contributed by atoms with Crippen LogP contribution in [0.2, 0.25) is 0 Å². The molecule has 0 aliphatic heterocycles. The summed E-state index contributed by atoms with van der Waals surface area (Å²) in [6.07, 6.45) is 2.72. The number of nitro groups is 1. The van der Waals surface area contributed by atoms with Gasteiger partial charge in [0.1, 0.15) is 0 Å². The van der Waals surface area contributed by atoms with Crippen molar-refractivity contribution in [3.63, 3.8) is 0 Å². The topological polar surface area (TPSA) is 86.5 Å². The Morgan fingerprint density at radius 2 is 1.90 bits per heavy atom. The lowest BCUT2D eigenvalue weighted by molar-refractivity contribution is -0.385. The Balaban J connectivity index is 2.32. The Kier molecular flexibility index (Phi) is 6.91. The van der Waals surface area contributed by atoms with Gasteiger partial charge in [-0.15, -0.1) is 0 Å². The molecule has 0 aliphatic carbocycles. The van der Waals surface area contributed by atoms with Gasteiger partial charge in [0, 0.05) is 16.7 Å². The number of nitro benzene ring substituents is 1. The fraction of sp³-hybridized carbons (Fsp3) is 0.538. The number of aryl methyl sites for hydroxylation is 1. The molecule has 0 unspecified atom stereocenters. The van der Waals surface area contributed by atoms with Crippen molar-refractivity contribution in [1.82, 2.24) is 0 Å². The molecule has 21 heavy (non-hydrogen) atoms. The highest BCUT2D eigenvalue weighted by atomic mass is 35.7. The van der Waals surface area contributed by atoms with Crippen LogP contribution in [0.5, 0.6) is 5.75 Å². The molecule has 0 aliphatic rings. The summed E-state index contributed by atoms with van der Waals surface area (Å²) >= 11 is 0. The van der Waals surface area contributed by atoms with Crippen molar-refractivity contribution in [2.45, 2.75) is 32.6 Å². The maximum atomic E-state index is 10.9. The van der Waals surface area contributed by atoms with Gasteiger partial charge in [0.25, 0.3) is 0 Å². The number of hydrogen-bond donors (Lipinski definition) is 0. The van der Waals surface area contributed by atoms with Crippen LogP contribution in [-0.2, 0) is 9.05 Å². The van der Waals surface area contributed by atoms with E-state index in [2.05, 4.69) is 0 Å². The molecule has 0 amide bonds. The van der Waals surface area contributed by atoms with Crippen LogP contribution in [0, 0.1) is 17.0 Å². The molecular weight excluding hydrogens is 318 g/mol. The van der Waals surface area contributed by atoms with Crippen LogP contribution >= 0.6 is 10.7 Å². The van der Waals surface area contributed by atoms with Crippen molar-refractivity contribution in [1.29, 1.82) is 0 Å². The van der Waals surface area contributed by atoms with Crippen LogP contribution in [0.25, 0.3) is 0 Å². The molecule has 0 aromatic heterocycles. The number of halogens is 1. The van der Waals surface area contributed by atoms with Gasteiger partial charge in [0.2, 0.25) is 9.05 Å². The van der Waals surface area contributed by atoms with Gasteiger partial charge in [-0.3, -0.25) is 10.1 Å². The van der Waals surface area contributed by atoms with E-state index < -0.39 is 14.0 Å². The smallest absolute Gasteiger partial charge is 0.311 e. The largest absolute Gasteiger partial charge is 0.487 e. The van der Waals surface area contributed by atoms with Crippen LogP contribution in [-0.4, -0.2) is 25.7 Å². The lowest BCUT2D eigenvalue weighted by Gasteiger charge is -2.07. The average Bonchev–Trinajstić information content (AvgIpc) is 2.37. The van der Waals surface area contributed by atoms with E-state index in [0.29, 0.717) is 19.4 Å². The molecule has 0 heterocycles. The molecule has 118 valence electrons. The predicted octanol–water partition coefficient (Wildman–Crippen LogP) is 3.41. The van der Waals surface area contributed by atoms with E-state index in [1.807, 2.05) is 0 Å². The molecule has 1 rings (SSSR count). The first-order valence-electron chi connectivity index (χ1n) is 6.60. The Labute approximate surface area is 128 Å². The zero-order valence-electron chi connectivity index (χ0n) is 11.7. The summed E-state index contributed by atoms with van der Waals surface area (Å²) in [5.74, 6) is 0.229. The minimum atomic E-state index is -3.41. The number of nitrogens with zero attached hydrogens (tertiary/aromatic N) is 1. The fourth-order valence-corrected chi connectivity index (χ4v) is 2.68. The molecule has 0 atom stereocenters. The number of benzene rings is 1. The number of rotatable bonds is 9. The van der Waals surface area contributed by atoms with Crippen molar-refractivity contribution in [3.8, 4) is 5.75 Å². The highest BCUT2D eigenvalue weighted by Crippen LogP contribution is 2.27. The van der Waals surface area contributed by atoms with Gasteiger partial charge in [-0.2, -0.15) is 0 Å². The third-order valence-corrected chi connectivity index (χ3v) is 4.09. The van der Waals surface area contributed by atoms with Crippen molar-refractivity contribution in [2.24, 2.45) is 0 Å². The average molecular weight is 336 g/mol. The zero-order chi connectivity index (χ0) is 15.9. The molecule has 1 aromatic carbocycles. The van der Waals surface area contributed by atoms with Gasteiger partial charge in [0.15, 0.2) is 5.75 Å². The Morgan fingerprint density at radius 1 is 1.24 bits per heavy atom. The fourth-order valence-electron chi connectivity index (χ4n) is 1.80. The molecule has 0 saturated heterocycles. The summed E-state index contributed by atoms with van der Waals surface area (Å²) in [6.45, 7) is 2.14. The molecular formula is C13H18ClNO5S. The molecule has 0 spiro atoms. The van der Waals surface area contributed by atoms with E-state index in [-0.39, 0.29) is 17.2 Å². The maximum Gasteiger partial charge on any atom is 0.311 e.